The number of halogens is 2. The van der Waals surface area contributed by atoms with Crippen LogP contribution in [-0.4, -0.2) is 0 Å². The fraction of sp³-hybridized carbons (Fsp3) is 0. The first-order valence-corrected chi connectivity index (χ1v) is 4.51. The maximum Gasteiger partial charge on any atom is 0.161 e. The van der Waals surface area contributed by atoms with Crippen molar-refractivity contribution in [2.24, 2.45) is 8.13 Å². The van der Waals surface area contributed by atoms with Crippen molar-refractivity contribution in [2.45, 2.75) is 4.90 Å². The highest BCUT2D eigenvalue weighted by Gasteiger charge is 2.11. The van der Waals surface area contributed by atoms with Crippen LogP contribution in [0.5, 0.6) is 0 Å². The van der Waals surface area contributed by atoms with Gasteiger partial charge in [0.05, 0.1) is 21.9 Å². The monoisotopic (exact) mass is 204 g/mol. The molecule has 0 N–H and O–H groups in total. The fourth-order valence-electron chi connectivity index (χ4n) is 0.780. The predicted octanol–water partition coefficient (Wildman–Crippen LogP) is 3.07. The van der Waals surface area contributed by atoms with Gasteiger partial charge in [0.15, 0.2) is 11.6 Å². The van der Waals surface area contributed by atoms with Gasteiger partial charge in [-0.2, -0.15) is 4.36 Å². The number of rotatable bonds is 0. The van der Waals surface area contributed by atoms with Gasteiger partial charge in [-0.15, -0.1) is 3.77 Å². The Balaban J connectivity index is 2.64. The maximum atomic E-state index is 12.6. The van der Waals surface area contributed by atoms with Gasteiger partial charge in [0.1, 0.15) is 0 Å². The molecule has 6 heteroatoms. The summed E-state index contributed by atoms with van der Waals surface area (Å²) in [6.07, 6.45) is 0. The highest BCUT2D eigenvalue weighted by Crippen LogP contribution is 2.34. The van der Waals surface area contributed by atoms with Gasteiger partial charge in [-0.25, -0.2) is 8.78 Å². The van der Waals surface area contributed by atoms with Gasteiger partial charge >= 0.3 is 0 Å². The molecule has 0 atom stereocenters. The molecule has 12 heavy (non-hydrogen) atoms. The summed E-state index contributed by atoms with van der Waals surface area (Å²) in [6, 6.07) is 2.17. The molecular weight excluding hydrogens is 202 g/mol. The number of hydrogen-bond donors (Lipinski definition) is 0. The van der Waals surface area contributed by atoms with Crippen molar-refractivity contribution in [1.82, 2.24) is 0 Å². The van der Waals surface area contributed by atoms with Crippen LogP contribution in [0.1, 0.15) is 0 Å². The second-order valence-corrected chi connectivity index (χ2v) is 3.64. The Morgan fingerprint density at radius 3 is 2.75 bits per heavy atom. The molecule has 62 valence electrons. The van der Waals surface area contributed by atoms with Crippen LogP contribution in [0, 0.1) is 11.6 Å². The van der Waals surface area contributed by atoms with E-state index in [1.54, 1.807) is 0 Å². The van der Waals surface area contributed by atoms with E-state index in [0.29, 0.717) is 10.6 Å². The summed E-state index contributed by atoms with van der Waals surface area (Å²) in [5, 5.41) is 0. The van der Waals surface area contributed by atoms with Crippen LogP contribution in [0.25, 0.3) is 0 Å². The van der Waals surface area contributed by atoms with Crippen molar-refractivity contribution >= 4 is 29.0 Å². The van der Waals surface area contributed by atoms with Crippen LogP contribution in [-0.2, 0) is 11.4 Å². The quantitative estimate of drug-likeness (QED) is 0.596. The Kier molecular flexibility index (Phi) is 1.93. The lowest BCUT2D eigenvalue weighted by Crippen LogP contribution is -1.85. The molecule has 1 aromatic rings. The summed E-state index contributed by atoms with van der Waals surface area (Å²) in [5.74, 6) is -1.74. The Bertz CT molecular complexity index is 399. The average Bonchev–Trinajstić information content (AvgIpc) is 2.07. The molecule has 0 radical (unpaired) electrons. The van der Waals surface area contributed by atoms with Gasteiger partial charge in [-0.1, -0.05) is 0 Å². The molecule has 0 saturated carbocycles. The van der Waals surface area contributed by atoms with E-state index < -0.39 is 11.6 Å². The molecule has 0 fully saturated rings. The minimum Gasteiger partial charge on any atom is -0.204 e. The molecule has 1 aromatic carbocycles. The maximum absolute atomic E-state index is 12.6. The van der Waals surface area contributed by atoms with Gasteiger partial charge in [0.25, 0.3) is 0 Å². The van der Waals surface area contributed by atoms with Gasteiger partial charge in [-0.3, -0.25) is 0 Å². The van der Waals surface area contributed by atoms with Crippen LogP contribution < -0.4 is 0 Å². The lowest BCUT2D eigenvalue weighted by atomic mass is 10.3. The largest absolute Gasteiger partial charge is 0.204 e. The first-order valence-electron chi connectivity index (χ1n) is 3.01. The average molecular weight is 204 g/mol. The van der Waals surface area contributed by atoms with Gasteiger partial charge in [0, 0.05) is 18.0 Å². The molecule has 0 bridgehead atoms. The van der Waals surface area contributed by atoms with Crippen LogP contribution in [0.15, 0.2) is 25.2 Å². The van der Waals surface area contributed by atoms with Gasteiger partial charge < -0.3 is 0 Å². The van der Waals surface area contributed by atoms with Gasteiger partial charge in [-0.05, 0) is 6.07 Å². The lowest BCUT2D eigenvalue weighted by molar-refractivity contribution is 0.506. The van der Waals surface area contributed by atoms with Crippen LogP contribution in [0.4, 0.5) is 14.5 Å². The van der Waals surface area contributed by atoms with E-state index in [2.05, 4.69) is 8.13 Å². The molecule has 0 aromatic heterocycles. The van der Waals surface area contributed by atoms with E-state index in [1.807, 2.05) is 0 Å². The SMILES string of the molecule is Fc1cc2c(cc1F)SN=S=N2. The highest BCUT2D eigenvalue weighted by atomic mass is 32.2. The van der Waals surface area contributed by atoms with Crippen molar-refractivity contribution in [3.05, 3.63) is 23.8 Å². The van der Waals surface area contributed by atoms with Gasteiger partial charge in [0.2, 0.25) is 0 Å². The van der Waals surface area contributed by atoms with E-state index in [9.17, 15) is 8.78 Å². The van der Waals surface area contributed by atoms with Crippen LogP contribution in [0.3, 0.4) is 0 Å². The zero-order valence-electron chi connectivity index (χ0n) is 5.62. The highest BCUT2D eigenvalue weighted by molar-refractivity contribution is 8.01. The molecule has 0 aliphatic carbocycles. The van der Waals surface area contributed by atoms with Crippen molar-refractivity contribution in [2.75, 3.05) is 0 Å². The molecular formula is C6H2F2N2S2. The van der Waals surface area contributed by atoms with E-state index in [1.165, 1.54) is 0 Å². The smallest absolute Gasteiger partial charge is 0.161 e. The minimum absolute atomic E-state index is 0.443. The minimum atomic E-state index is -0.874. The first-order chi connectivity index (χ1) is 5.77. The Morgan fingerprint density at radius 1 is 1.17 bits per heavy atom. The number of benzene rings is 1. The third-order valence-corrected chi connectivity index (χ3v) is 2.68. The summed E-state index contributed by atoms with van der Waals surface area (Å²) in [4.78, 5) is 0.549. The van der Waals surface area contributed by atoms with Crippen molar-refractivity contribution in [3.63, 3.8) is 0 Å². The summed E-state index contributed by atoms with van der Waals surface area (Å²) in [7, 11) is 0. The van der Waals surface area contributed by atoms with Crippen LogP contribution in [0.2, 0.25) is 0 Å². The molecule has 1 aliphatic heterocycles. The number of nitrogens with zero attached hydrogens (tertiary/aromatic N) is 2. The van der Waals surface area contributed by atoms with E-state index in [4.69, 9.17) is 0 Å². The summed E-state index contributed by atoms with van der Waals surface area (Å²) < 4.78 is 32.8. The molecule has 0 amide bonds. The predicted molar refractivity (Wildman–Crippen MR) is 44.1 cm³/mol. The first kappa shape index (κ1) is 7.88. The third kappa shape index (κ3) is 1.27. The fourth-order valence-corrected chi connectivity index (χ4v) is 2.02. The molecule has 1 heterocycles. The topological polar surface area (TPSA) is 24.7 Å². The summed E-state index contributed by atoms with van der Waals surface area (Å²) in [5.41, 5.74) is 0.443. The third-order valence-electron chi connectivity index (χ3n) is 1.31. The standard InChI is InChI=1S/C6H2F2N2S2/c7-3-1-5-6(2-4(3)8)11-10-12-9-5/h1-2H. The Labute approximate surface area is 75.0 Å². The number of hydrogen-bond acceptors (Lipinski definition) is 3. The molecule has 2 rings (SSSR count). The molecule has 0 unspecified atom stereocenters. The molecule has 2 nitrogen and oxygen atoms in total. The summed E-state index contributed by atoms with van der Waals surface area (Å²) in [6.45, 7) is 0. The van der Waals surface area contributed by atoms with Crippen molar-refractivity contribution < 1.29 is 8.78 Å². The number of fused-ring (bicyclic) bond motifs is 1. The molecule has 0 spiro atoms. The van der Waals surface area contributed by atoms with Crippen LogP contribution >= 0.6 is 11.9 Å². The second kappa shape index (κ2) is 2.95. The van der Waals surface area contributed by atoms with E-state index >= 15 is 0 Å². The van der Waals surface area contributed by atoms with E-state index in [-0.39, 0.29) is 0 Å². The Morgan fingerprint density at radius 2 is 1.92 bits per heavy atom. The summed E-state index contributed by atoms with van der Waals surface area (Å²) >= 11 is 2.08. The molecule has 1 aliphatic rings. The lowest BCUT2D eigenvalue weighted by Gasteiger charge is -2.02. The zero-order chi connectivity index (χ0) is 8.55. The molecule has 0 saturated heterocycles. The zero-order valence-corrected chi connectivity index (χ0v) is 7.25. The van der Waals surface area contributed by atoms with E-state index in [0.717, 1.165) is 35.4 Å². The van der Waals surface area contributed by atoms with Crippen molar-refractivity contribution in [3.8, 4) is 0 Å². The normalized spacial score (nSPS) is 13.8. The van der Waals surface area contributed by atoms with Crippen molar-refractivity contribution in [1.29, 1.82) is 0 Å². The Hall–Kier alpha value is -0.750. The second-order valence-electron chi connectivity index (χ2n) is 2.07.